The molecule has 5 nitrogen and oxygen atoms in total. The van der Waals surface area contributed by atoms with Crippen LogP contribution < -0.4 is 11.0 Å². The zero-order valence-corrected chi connectivity index (χ0v) is 13.4. The molecule has 0 aliphatic rings. The Morgan fingerprint density at radius 2 is 1.88 bits per heavy atom. The van der Waals surface area contributed by atoms with Gasteiger partial charge in [-0.05, 0) is 35.9 Å². The zero-order chi connectivity index (χ0) is 17.6. The minimum absolute atomic E-state index is 0.272. The first-order chi connectivity index (χ1) is 11.9. The smallest absolute Gasteiger partial charge is 0.357 e. The second-order valence-electron chi connectivity index (χ2n) is 5.51. The SMILES string of the molecule is O=c1[nH]c2ccc(CNc3nc4cc(C(F)(F)F)ccc4s3)cc2[nH]1. The summed E-state index contributed by atoms with van der Waals surface area (Å²) < 4.78 is 38.9. The minimum Gasteiger partial charge on any atom is -0.357 e. The molecule has 9 heteroatoms. The van der Waals surface area contributed by atoms with Crippen LogP contribution in [-0.4, -0.2) is 15.0 Å². The van der Waals surface area contributed by atoms with E-state index in [1.54, 1.807) is 6.07 Å². The summed E-state index contributed by atoms with van der Waals surface area (Å²) in [6.45, 7) is 0.440. The molecule has 0 saturated heterocycles. The molecule has 0 aliphatic carbocycles. The first kappa shape index (κ1) is 15.7. The van der Waals surface area contributed by atoms with Gasteiger partial charge in [0.05, 0.1) is 26.8 Å². The summed E-state index contributed by atoms with van der Waals surface area (Å²) in [6, 6.07) is 9.01. The highest BCUT2D eigenvalue weighted by Gasteiger charge is 2.30. The van der Waals surface area contributed by atoms with E-state index in [-0.39, 0.29) is 5.69 Å². The number of imidazole rings is 1. The van der Waals surface area contributed by atoms with Crippen molar-refractivity contribution in [3.05, 3.63) is 58.0 Å². The van der Waals surface area contributed by atoms with Crippen molar-refractivity contribution in [3.63, 3.8) is 0 Å². The van der Waals surface area contributed by atoms with Crippen LogP contribution in [0.4, 0.5) is 18.3 Å². The molecule has 3 N–H and O–H groups in total. The molecule has 0 aliphatic heterocycles. The predicted octanol–water partition coefficient (Wildman–Crippen LogP) is 4.10. The number of anilines is 1. The van der Waals surface area contributed by atoms with Gasteiger partial charge in [-0.15, -0.1) is 0 Å². The normalized spacial score (nSPS) is 12.1. The lowest BCUT2D eigenvalue weighted by molar-refractivity contribution is -0.137. The highest BCUT2D eigenvalue weighted by Crippen LogP contribution is 2.34. The Bertz CT molecular complexity index is 1130. The minimum atomic E-state index is -4.38. The number of rotatable bonds is 3. The van der Waals surface area contributed by atoms with E-state index in [0.717, 1.165) is 17.7 Å². The quantitative estimate of drug-likeness (QED) is 0.512. The van der Waals surface area contributed by atoms with Gasteiger partial charge in [0.1, 0.15) is 0 Å². The van der Waals surface area contributed by atoms with Gasteiger partial charge in [0.2, 0.25) is 0 Å². The number of hydrogen-bond acceptors (Lipinski definition) is 4. The molecule has 25 heavy (non-hydrogen) atoms. The number of fused-ring (bicyclic) bond motifs is 2. The maximum absolute atomic E-state index is 12.8. The number of aromatic amines is 2. The molecule has 128 valence electrons. The molecule has 2 aromatic heterocycles. The van der Waals surface area contributed by atoms with E-state index >= 15 is 0 Å². The molecule has 0 atom stereocenters. The average Bonchev–Trinajstić information content (AvgIpc) is 3.12. The standard InChI is InChI=1S/C16H11F3N4OS/c17-16(18,19)9-2-4-13-12(6-9)23-15(25-13)20-7-8-1-3-10-11(5-8)22-14(24)21-10/h1-6H,7H2,(H,20,23)(H2,21,22,24). The average molecular weight is 364 g/mol. The van der Waals surface area contributed by atoms with Gasteiger partial charge >= 0.3 is 11.9 Å². The van der Waals surface area contributed by atoms with Crippen LogP contribution >= 0.6 is 11.3 Å². The summed E-state index contributed by atoms with van der Waals surface area (Å²) in [6.07, 6.45) is -4.38. The van der Waals surface area contributed by atoms with Gasteiger partial charge in [-0.2, -0.15) is 13.2 Å². The van der Waals surface area contributed by atoms with Gasteiger partial charge in [0.25, 0.3) is 0 Å². The number of thiazole rings is 1. The Morgan fingerprint density at radius 1 is 1.08 bits per heavy atom. The molecule has 0 fully saturated rings. The maximum atomic E-state index is 12.8. The molecule has 0 spiro atoms. The molecule has 0 amide bonds. The van der Waals surface area contributed by atoms with E-state index in [1.807, 2.05) is 12.1 Å². The monoisotopic (exact) mass is 364 g/mol. The number of alkyl halides is 3. The van der Waals surface area contributed by atoms with E-state index in [1.165, 1.54) is 17.4 Å². The Kier molecular flexibility index (Phi) is 3.53. The van der Waals surface area contributed by atoms with E-state index in [2.05, 4.69) is 20.3 Å². The fourth-order valence-corrected chi connectivity index (χ4v) is 3.39. The summed E-state index contributed by atoms with van der Waals surface area (Å²) in [5.41, 5.74) is 1.66. The Labute approximate surface area is 142 Å². The lowest BCUT2D eigenvalue weighted by Crippen LogP contribution is -2.04. The van der Waals surface area contributed by atoms with Gasteiger partial charge in [-0.3, -0.25) is 0 Å². The van der Waals surface area contributed by atoms with Crippen LogP contribution in [0.1, 0.15) is 11.1 Å². The summed E-state index contributed by atoms with van der Waals surface area (Å²) >= 11 is 1.29. The molecule has 4 aromatic rings. The van der Waals surface area contributed by atoms with E-state index < -0.39 is 11.7 Å². The summed E-state index contributed by atoms with van der Waals surface area (Å²) in [5, 5.41) is 3.64. The Balaban J connectivity index is 1.56. The van der Waals surface area contributed by atoms with E-state index in [0.29, 0.717) is 32.9 Å². The molecule has 2 aromatic carbocycles. The topological polar surface area (TPSA) is 73.6 Å². The van der Waals surface area contributed by atoms with Crippen molar-refractivity contribution in [2.45, 2.75) is 12.7 Å². The highest BCUT2D eigenvalue weighted by atomic mass is 32.1. The Hall–Kier alpha value is -2.81. The van der Waals surface area contributed by atoms with Crippen LogP contribution in [0.2, 0.25) is 0 Å². The molecule has 0 unspecified atom stereocenters. The van der Waals surface area contributed by atoms with Crippen LogP contribution in [0, 0.1) is 0 Å². The van der Waals surface area contributed by atoms with Crippen LogP contribution in [0.3, 0.4) is 0 Å². The third-order valence-electron chi connectivity index (χ3n) is 3.74. The maximum Gasteiger partial charge on any atom is 0.416 e. The van der Waals surface area contributed by atoms with E-state index in [9.17, 15) is 18.0 Å². The number of halogens is 3. The van der Waals surface area contributed by atoms with Gasteiger partial charge < -0.3 is 15.3 Å². The summed E-state index contributed by atoms with van der Waals surface area (Å²) in [4.78, 5) is 20.8. The van der Waals surface area contributed by atoms with E-state index in [4.69, 9.17) is 0 Å². The largest absolute Gasteiger partial charge is 0.416 e. The first-order valence-electron chi connectivity index (χ1n) is 7.31. The molecule has 0 saturated carbocycles. The number of nitrogens with one attached hydrogen (secondary N) is 3. The van der Waals surface area contributed by atoms with Crippen molar-refractivity contribution in [3.8, 4) is 0 Å². The summed E-state index contributed by atoms with van der Waals surface area (Å²) in [5.74, 6) is 0. The van der Waals surface area contributed by atoms with Crippen LogP contribution in [0.5, 0.6) is 0 Å². The molecule has 2 heterocycles. The second kappa shape index (κ2) is 5.62. The van der Waals surface area contributed by atoms with Crippen LogP contribution in [0.25, 0.3) is 21.3 Å². The zero-order valence-electron chi connectivity index (χ0n) is 12.6. The van der Waals surface area contributed by atoms with Crippen LogP contribution in [-0.2, 0) is 12.7 Å². The number of hydrogen-bond donors (Lipinski definition) is 3. The lowest BCUT2D eigenvalue weighted by Gasteiger charge is -2.04. The number of aromatic nitrogens is 3. The summed E-state index contributed by atoms with van der Waals surface area (Å²) in [7, 11) is 0. The lowest BCUT2D eigenvalue weighted by atomic mass is 10.2. The first-order valence-corrected chi connectivity index (χ1v) is 8.13. The van der Waals surface area contributed by atoms with Crippen LogP contribution in [0.15, 0.2) is 41.2 Å². The predicted molar refractivity (Wildman–Crippen MR) is 90.9 cm³/mol. The third-order valence-corrected chi connectivity index (χ3v) is 4.73. The van der Waals surface area contributed by atoms with Crippen molar-refractivity contribution in [1.29, 1.82) is 0 Å². The van der Waals surface area contributed by atoms with Crippen molar-refractivity contribution in [2.24, 2.45) is 0 Å². The second-order valence-corrected chi connectivity index (χ2v) is 6.54. The van der Waals surface area contributed by atoms with Gasteiger partial charge in [0.15, 0.2) is 5.13 Å². The van der Waals surface area contributed by atoms with Crippen molar-refractivity contribution >= 4 is 37.7 Å². The van der Waals surface area contributed by atoms with Gasteiger partial charge in [0, 0.05) is 6.54 Å². The van der Waals surface area contributed by atoms with Gasteiger partial charge in [-0.1, -0.05) is 17.4 Å². The molecular formula is C16H11F3N4OS. The Morgan fingerprint density at radius 3 is 2.68 bits per heavy atom. The highest BCUT2D eigenvalue weighted by molar-refractivity contribution is 7.22. The molecular weight excluding hydrogens is 353 g/mol. The van der Waals surface area contributed by atoms with Crippen molar-refractivity contribution < 1.29 is 13.2 Å². The van der Waals surface area contributed by atoms with Crippen molar-refractivity contribution in [2.75, 3.05) is 5.32 Å². The van der Waals surface area contributed by atoms with Gasteiger partial charge in [-0.25, -0.2) is 9.78 Å². The number of H-pyrrole nitrogens is 2. The molecule has 0 bridgehead atoms. The molecule has 0 radical (unpaired) electrons. The molecule has 4 rings (SSSR count). The van der Waals surface area contributed by atoms with Crippen molar-refractivity contribution in [1.82, 2.24) is 15.0 Å². The number of benzene rings is 2. The fourth-order valence-electron chi connectivity index (χ4n) is 2.55. The fraction of sp³-hybridized carbons (Fsp3) is 0.125. The number of nitrogens with zero attached hydrogens (tertiary/aromatic N) is 1. The third kappa shape index (κ3) is 3.10.